The van der Waals surface area contributed by atoms with E-state index in [0.717, 1.165) is 5.56 Å². The molecule has 0 aliphatic heterocycles. The Morgan fingerprint density at radius 2 is 2.18 bits per heavy atom. The van der Waals surface area contributed by atoms with Crippen LogP contribution in [0.15, 0.2) is 18.2 Å². The first-order valence-electron chi connectivity index (χ1n) is 5.08. The summed E-state index contributed by atoms with van der Waals surface area (Å²) >= 11 is 0. The van der Waals surface area contributed by atoms with E-state index in [0.29, 0.717) is 0 Å². The van der Waals surface area contributed by atoms with Crippen molar-refractivity contribution in [1.82, 2.24) is 4.90 Å². The van der Waals surface area contributed by atoms with Gasteiger partial charge in [0.2, 0.25) is 0 Å². The van der Waals surface area contributed by atoms with Gasteiger partial charge in [-0.2, -0.15) is 0 Å². The summed E-state index contributed by atoms with van der Waals surface area (Å²) < 4.78 is 0. The number of nitrogens with zero attached hydrogens (tertiary/aromatic N) is 2. The van der Waals surface area contributed by atoms with Gasteiger partial charge in [-0.1, -0.05) is 6.07 Å². The Labute approximate surface area is 98.6 Å². The molecule has 1 N–H and O–H groups in total. The molecule has 1 amide bonds. The third-order valence-electron chi connectivity index (χ3n) is 2.36. The summed E-state index contributed by atoms with van der Waals surface area (Å²) in [6.07, 6.45) is 0. The fraction of sp³-hybridized carbons (Fsp3) is 0.364. The van der Waals surface area contributed by atoms with Crippen LogP contribution >= 0.6 is 0 Å². The number of nitro groups is 1. The molecule has 1 aromatic rings. The van der Waals surface area contributed by atoms with E-state index in [1.165, 1.54) is 24.1 Å². The molecule has 0 spiro atoms. The second-order valence-corrected chi connectivity index (χ2v) is 3.73. The van der Waals surface area contributed by atoms with Crippen LogP contribution in [0.5, 0.6) is 0 Å². The molecule has 0 aliphatic carbocycles. The minimum absolute atomic E-state index is 0.0472. The summed E-state index contributed by atoms with van der Waals surface area (Å²) in [6, 6.07) is 4.38. The van der Waals surface area contributed by atoms with Gasteiger partial charge in [-0.3, -0.25) is 14.9 Å². The zero-order valence-corrected chi connectivity index (χ0v) is 9.71. The van der Waals surface area contributed by atoms with Crippen LogP contribution in [0.2, 0.25) is 0 Å². The van der Waals surface area contributed by atoms with E-state index in [9.17, 15) is 14.9 Å². The van der Waals surface area contributed by atoms with E-state index in [1.807, 2.05) is 0 Å². The summed E-state index contributed by atoms with van der Waals surface area (Å²) in [5.41, 5.74) is 0.604. The maximum atomic E-state index is 11.9. The van der Waals surface area contributed by atoms with E-state index >= 15 is 0 Å². The van der Waals surface area contributed by atoms with Gasteiger partial charge in [0.1, 0.15) is 5.56 Å². The lowest BCUT2D eigenvalue weighted by Gasteiger charge is -2.15. The third-order valence-corrected chi connectivity index (χ3v) is 2.36. The van der Waals surface area contributed by atoms with Crippen molar-refractivity contribution in [2.24, 2.45) is 0 Å². The molecule has 0 aromatic heterocycles. The van der Waals surface area contributed by atoms with Crippen molar-refractivity contribution >= 4 is 11.6 Å². The van der Waals surface area contributed by atoms with Crippen LogP contribution in [-0.4, -0.2) is 41.0 Å². The second-order valence-electron chi connectivity index (χ2n) is 3.73. The van der Waals surface area contributed by atoms with E-state index in [-0.39, 0.29) is 24.4 Å². The van der Waals surface area contributed by atoms with Crippen LogP contribution in [0, 0.1) is 17.0 Å². The van der Waals surface area contributed by atoms with Crippen LogP contribution in [0.1, 0.15) is 15.9 Å². The van der Waals surface area contributed by atoms with Crippen molar-refractivity contribution in [3.05, 3.63) is 39.4 Å². The van der Waals surface area contributed by atoms with Crippen LogP contribution in [0.4, 0.5) is 5.69 Å². The Kier molecular flexibility index (Phi) is 4.17. The highest BCUT2D eigenvalue weighted by molar-refractivity contribution is 5.98. The van der Waals surface area contributed by atoms with Gasteiger partial charge >= 0.3 is 0 Å². The van der Waals surface area contributed by atoms with Gasteiger partial charge in [0.15, 0.2) is 0 Å². The molecule has 0 saturated carbocycles. The number of carbonyl (C=O) groups excluding carboxylic acids is 1. The first-order chi connectivity index (χ1) is 7.97. The highest BCUT2D eigenvalue weighted by atomic mass is 16.6. The van der Waals surface area contributed by atoms with E-state index in [1.54, 1.807) is 13.0 Å². The molecule has 92 valence electrons. The molecule has 17 heavy (non-hydrogen) atoms. The summed E-state index contributed by atoms with van der Waals surface area (Å²) in [4.78, 5) is 23.4. The van der Waals surface area contributed by atoms with Crippen LogP contribution in [-0.2, 0) is 0 Å². The smallest absolute Gasteiger partial charge is 0.282 e. The zero-order chi connectivity index (χ0) is 13.0. The van der Waals surface area contributed by atoms with Crippen molar-refractivity contribution in [3.8, 4) is 0 Å². The number of benzene rings is 1. The van der Waals surface area contributed by atoms with Gasteiger partial charge in [-0.05, 0) is 18.6 Å². The van der Waals surface area contributed by atoms with Gasteiger partial charge in [0.25, 0.3) is 11.6 Å². The van der Waals surface area contributed by atoms with E-state index in [4.69, 9.17) is 5.11 Å². The lowest BCUT2D eigenvalue weighted by molar-refractivity contribution is -0.385. The molecule has 0 fully saturated rings. The maximum Gasteiger partial charge on any atom is 0.282 e. The minimum atomic E-state index is -0.584. The molecule has 0 saturated heterocycles. The van der Waals surface area contributed by atoms with E-state index in [2.05, 4.69) is 0 Å². The molecule has 6 heteroatoms. The first-order valence-corrected chi connectivity index (χ1v) is 5.08. The molecule has 1 aromatic carbocycles. The standard InChI is InChI=1S/C11H14N2O4/c1-8-3-4-10(13(16)17)9(7-8)11(15)12(2)5-6-14/h3-4,7,14H,5-6H2,1-2H3. The number of hydrogen-bond donors (Lipinski definition) is 1. The topological polar surface area (TPSA) is 83.7 Å². The highest BCUT2D eigenvalue weighted by Crippen LogP contribution is 2.21. The Bertz CT molecular complexity index is 445. The number of aliphatic hydroxyl groups is 1. The van der Waals surface area contributed by atoms with E-state index < -0.39 is 10.8 Å². The number of aliphatic hydroxyl groups excluding tert-OH is 1. The van der Waals surface area contributed by atoms with Crippen molar-refractivity contribution in [1.29, 1.82) is 0 Å². The summed E-state index contributed by atoms with van der Waals surface area (Å²) in [6.45, 7) is 1.72. The molecule has 0 unspecified atom stereocenters. The number of carbonyl (C=O) groups is 1. The summed E-state index contributed by atoms with van der Waals surface area (Å²) in [5, 5.41) is 19.5. The second kappa shape index (κ2) is 5.40. The summed E-state index contributed by atoms with van der Waals surface area (Å²) in [5.74, 6) is -0.463. The normalized spacial score (nSPS) is 10.1. The molecule has 1 rings (SSSR count). The molecular formula is C11H14N2O4. The van der Waals surface area contributed by atoms with Crippen molar-refractivity contribution in [3.63, 3.8) is 0 Å². The molecular weight excluding hydrogens is 224 g/mol. The molecule has 0 bridgehead atoms. The average molecular weight is 238 g/mol. The molecule has 0 radical (unpaired) electrons. The average Bonchev–Trinajstić information content (AvgIpc) is 2.27. The Balaban J connectivity index is 3.15. The molecule has 0 heterocycles. The Morgan fingerprint density at radius 1 is 1.53 bits per heavy atom. The fourth-order valence-electron chi connectivity index (χ4n) is 1.44. The third kappa shape index (κ3) is 3.01. The minimum Gasteiger partial charge on any atom is -0.395 e. The number of aryl methyl sites for hydroxylation is 1. The van der Waals surface area contributed by atoms with Crippen molar-refractivity contribution < 1.29 is 14.8 Å². The monoisotopic (exact) mass is 238 g/mol. The number of hydrogen-bond acceptors (Lipinski definition) is 4. The molecule has 6 nitrogen and oxygen atoms in total. The zero-order valence-electron chi connectivity index (χ0n) is 9.71. The van der Waals surface area contributed by atoms with Crippen LogP contribution in [0.3, 0.4) is 0 Å². The predicted octanol–water partition coefficient (Wildman–Crippen LogP) is 0.968. The molecule has 0 aliphatic rings. The number of likely N-dealkylation sites (N-methyl/N-ethyl adjacent to an activating group) is 1. The van der Waals surface area contributed by atoms with Gasteiger partial charge in [-0.15, -0.1) is 0 Å². The van der Waals surface area contributed by atoms with Gasteiger partial charge in [0, 0.05) is 19.7 Å². The number of rotatable bonds is 4. The highest BCUT2D eigenvalue weighted by Gasteiger charge is 2.22. The maximum absolute atomic E-state index is 11.9. The predicted molar refractivity (Wildman–Crippen MR) is 61.9 cm³/mol. The quantitative estimate of drug-likeness (QED) is 0.625. The number of amides is 1. The van der Waals surface area contributed by atoms with Gasteiger partial charge in [-0.25, -0.2) is 0 Å². The largest absolute Gasteiger partial charge is 0.395 e. The van der Waals surface area contributed by atoms with Crippen LogP contribution in [0.25, 0.3) is 0 Å². The van der Waals surface area contributed by atoms with Crippen molar-refractivity contribution in [2.75, 3.05) is 20.2 Å². The van der Waals surface area contributed by atoms with Crippen LogP contribution < -0.4 is 0 Å². The lowest BCUT2D eigenvalue weighted by Crippen LogP contribution is -2.30. The molecule has 0 atom stereocenters. The first kappa shape index (κ1) is 13.1. The van der Waals surface area contributed by atoms with Gasteiger partial charge in [0.05, 0.1) is 11.5 Å². The summed E-state index contributed by atoms with van der Waals surface area (Å²) in [7, 11) is 1.49. The SMILES string of the molecule is Cc1ccc([N+](=O)[O-])c(C(=O)N(C)CCO)c1. The lowest BCUT2D eigenvalue weighted by atomic mass is 10.1. The van der Waals surface area contributed by atoms with Crippen molar-refractivity contribution in [2.45, 2.75) is 6.92 Å². The Morgan fingerprint density at radius 3 is 2.71 bits per heavy atom. The fourth-order valence-corrected chi connectivity index (χ4v) is 1.44. The Hall–Kier alpha value is -1.95. The van der Waals surface area contributed by atoms with Gasteiger partial charge < -0.3 is 10.0 Å². The number of nitro benzene ring substituents is 1.